The fourth-order valence-corrected chi connectivity index (χ4v) is 0.788. The van der Waals surface area contributed by atoms with Crippen LogP contribution in [-0.4, -0.2) is 29.9 Å². The molecule has 0 aliphatic heterocycles. The summed E-state index contributed by atoms with van der Waals surface area (Å²) in [5, 5.41) is 6.15. The lowest BCUT2D eigenvalue weighted by Gasteiger charge is -2.00. The number of carbonyl (C=O) groups excluding carboxylic acids is 1. The van der Waals surface area contributed by atoms with E-state index in [1.807, 2.05) is 6.92 Å². The van der Waals surface area contributed by atoms with E-state index in [1.165, 1.54) is 13.3 Å². The number of H-pyrrole nitrogens is 1. The molecule has 12 heavy (non-hydrogen) atoms. The van der Waals surface area contributed by atoms with Crippen LogP contribution in [0.4, 0.5) is 0 Å². The van der Waals surface area contributed by atoms with Crippen molar-refractivity contribution in [1.29, 1.82) is 0 Å². The number of hydrogen-bond donors (Lipinski definition) is 1. The second kappa shape index (κ2) is 3.75. The zero-order chi connectivity index (χ0) is 8.97. The van der Waals surface area contributed by atoms with Crippen LogP contribution in [0.25, 0.3) is 0 Å². The number of methoxy groups -OCH3 is 1. The molecule has 0 aromatic carbocycles. The van der Waals surface area contributed by atoms with Gasteiger partial charge in [-0.05, 0) is 6.92 Å². The number of nitrogens with zero attached hydrogens (tertiary/aromatic N) is 1. The standard InChI is InChI=1S/C7H10N2O3/c1-3-12-5-4-8-9-6(5)7(10)11-2/h4H,3H2,1-2H3,(H,8,9). The fraction of sp³-hybridized carbons (Fsp3) is 0.429. The second-order valence-electron chi connectivity index (χ2n) is 2.03. The van der Waals surface area contributed by atoms with Gasteiger partial charge in [0.2, 0.25) is 0 Å². The smallest absolute Gasteiger partial charge is 0.359 e. The molecule has 0 saturated carbocycles. The van der Waals surface area contributed by atoms with Gasteiger partial charge >= 0.3 is 5.97 Å². The minimum atomic E-state index is -0.476. The molecule has 1 N–H and O–H groups in total. The van der Waals surface area contributed by atoms with Gasteiger partial charge in [0.1, 0.15) is 0 Å². The molecular formula is C7H10N2O3. The maximum Gasteiger partial charge on any atom is 0.359 e. The van der Waals surface area contributed by atoms with Crippen LogP contribution >= 0.6 is 0 Å². The summed E-state index contributed by atoms with van der Waals surface area (Å²) in [7, 11) is 1.30. The van der Waals surface area contributed by atoms with E-state index in [0.717, 1.165) is 0 Å². The van der Waals surface area contributed by atoms with Gasteiger partial charge < -0.3 is 9.47 Å². The van der Waals surface area contributed by atoms with Crippen LogP contribution in [0, 0.1) is 0 Å². The molecule has 0 aliphatic rings. The highest BCUT2D eigenvalue weighted by Crippen LogP contribution is 2.14. The first-order chi connectivity index (χ1) is 5.79. The van der Waals surface area contributed by atoms with Crippen LogP contribution in [0.3, 0.4) is 0 Å². The monoisotopic (exact) mass is 170 g/mol. The van der Waals surface area contributed by atoms with E-state index in [0.29, 0.717) is 12.4 Å². The fourth-order valence-electron chi connectivity index (χ4n) is 0.788. The molecule has 0 unspecified atom stereocenters. The third-order valence-electron chi connectivity index (χ3n) is 1.29. The van der Waals surface area contributed by atoms with Crippen molar-refractivity contribution in [2.24, 2.45) is 0 Å². The number of hydrogen-bond acceptors (Lipinski definition) is 4. The number of ether oxygens (including phenoxy) is 2. The highest BCUT2D eigenvalue weighted by atomic mass is 16.5. The van der Waals surface area contributed by atoms with Crippen LogP contribution in [0.2, 0.25) is 0 Å². The van der Waals surface area contributed by atoms with Crippen molar-refractivity contribution in [3.63, 3.8) is 0 Å². The number of aromatic nitrogens is 2. The summed E-state index contributed by atoms with van der Waals surface area (Å²) >= 11 is 0. The molecule has 1 aromatic heterocycles. The van der Waals surface area contributed by atoms with E-state index in [-0.39, 0.29) is 5.69 Å². The zero-order valence-electron chi connectivity index (χ0n) is 6.96. The first-order valence-corrected chi connectivity index (χ1v) is 3.54. The highest BCUT2D eigenvalue weighted by molar-refractivity contribution is 5.89. The van der Waals surface area contributed by atoms with Gasteiger partial charge in [-0.15, -0.1) is 0 Å². The van der Waals surface area contributed by atoms with Crippen molar-refractivity contribution in [1.82, 2.24) is 10.2 Å². The Labute approximate surface area is 69.7 Å². The predicted octanol–water partition coefficient (Wildman–Crippen LogP) is 0.595. The molecule has 0 aliphatic carbocycles. The number of aromatic amines is 1. The van der Waals surface area contributed by atoms with Gasteiger partial charge in [-0.25, -0.2) is 4.79 Å². The van der Waals surface area contributed by atoms with Crippen LogP contribution in [0.15, 0.2) is 6.20 Å². The van der Waals surface area contributed by atoms with Gasteiger partial charge in [0.25, 0.3) is 0 Å². The third-order valence-corrected chi connectivity index (χ3v) is 1.29. The zero-order valence-corrected chi connectivity index (χ0v) is 6.96. The SMILES string of the molecule is CCOc1cn[nH]c1C(=O)OC. The maximum atomic E-state index is 11.0. The Morgan fingerprint density at radius 2 is 2.50 bits per heavy atom. The molecule has 0 radical (unpaired) electrons. The van der Waals surface area contributed by atoms with Crippen LogP contribution in [0.5, 0.6) is 5.75 Å². The summed E-state index contributed by atoms with van der Waals surface area (Å²) < 4.78 is 9.60. The molecule has 0 amide bonds. The van der Waals surface area contributed by atoms with Crippen molar-refractivity contribution < 1.29 is 14.3 Å². The van der Waals surface area contributed by atoms with E-state index in [1.54, 1.807) is 0 Å². The van der Waals surface area contributed by atoms with Crippen molar-refractivity contribution in [2.75, 3.05) is 13.7 Å². The lowest BCUT2D eigenvalue weighted by molar-refractivity contribution is 0.0589. The topological polar surface area (TPSA) is 64.2 Å². The summed E-state index contributed by atoms with van der Waals surface area (Å²) in [5.41, 5.74) is 0.249. The Balaban J connectivity index is 2.83. The average molecular weight is 170 g/mol. The number of esters is 1. The summed E-state index contributed by atoms with van der Waals surface area (Å²) in [6.45, 7) is 2.32. The van der Waals surface area contributed by atoms with Crippen molar-refractivity contribution in [3.05, 3.63) is 11.9 Å². The summed E-state index contributed by atoms with van der Waals surface area (Å²) in [5.74, 6) is -0.0553. The Morgan fingerprint density at radius 3 is 3.08 bits per heavy atom. The molecule has 66 valence electrons. The summed E-state index contributed by atoms with van der Waals surface area (Å²) in [6, 6.07) is 0. The largest absolute Gasteiger partial charge is 0.490 e. The highest BCUT2D eigenvalue weighted by Gasteiger charge is 2.14. The van der Waals surface area contributed by atoms with Crippen LogP contribution < -0.4 is 4.74 Å². The lowest BCUT2D eigenvalue weighted by atomic mass is 10.4. The van der Waals surface area contributed by atoms with E-state index >= 15 is 0 Å². The summed E-state index contributed by atoms with van der Waals surface area (Å²) in [6.07, 6.45) is 1.44. The van der Waals surface area contributed by atoms with Gasteiger partial charge in [0.15, 0.2) is 11.4 Å². The molecule has 0 atom stereocenters. The molecular weight excluding hydrogens is 160 g/mol. The minimum absolute atomic E-state index is 0.249. The Kier molecular flexibility index (Phi) is 2.68. The molecule has 0 spiro atoms. The summed E-state index contributed by atoms with van der Waals surface area (Å²) in [4.78, 5) is 11.0. The van der Waals surface area contributed by atoms with E-state index < -0.39 is 5.97 Å². The average Bonchev–Trinajstić information content (AvgIpc) is 2.52. The quantitative estimate of drug-likeness (QED) is 0.674. The van der Waals surface area contributed by atoms with Gasteiger partial charge in [-0.2, -0.15) is 5.10 Å². The molecule has 5 nitrogen and oxygen atoms in total. The predicted molar refractivity (Wildman–Crippen MR) is 41.1 cm³/mol. The molecule has 1 heterocycles. The van der Waals surface area contributed by atoms with Crippen molar-refractivity contribution >= 4 is 5.97 Å². The molecule has 0 fully saturated rings. The van der Waals surface area contributed by atoms with Gasteiger partial charge in [-0.3, -0.25) is 5.10 Å². The van der Waals surface area contributed by atoms with Crippen molar-refractivity contribution in [3.8, 4) is 5.75 Å². The Bertz CT molecular complexity index is 269. The molecule has 1 aromatic rings. The normalized spacial score (nSPS) is 9.50. The lowest BCUT2D eigenvalue weighted by Crippen LogP contribution is -2.04. The first kappa shape index (κ1) is 8.58. The first-order valence-electron chi connectivity index (χ1n) is 3.54. The maximum absolute atomic E-state index is 11.0. The minimum Gasteiger partial charge on any atom is -0.490 e. The molecule has 0 saturated heterocycles. The van der Waals surface area contributed by atoms with E-state index in [2.05, 4.69) is 14.9 Å². The number of carbonyl (C=O) groups is 1. The van der Waals surface area contributed by atoms with Gasteiger partial charge in [-0.1, -0.05) is 0 Å². The van der Waals surface area contributed by atoms with Crippen LogP contribution in [0.1, 0.15) is 17.4 Å². The van der Waals surface area contributed by atoms with E-state index in [4.69, 9.17) is 4.74 Å². The van der Waals surface area contributed by atoms with Gasteiger partial charge in [0, 0.05) is 0 Å². The Hall–Kier alpha value is -1.52. The number of rotatable bonds is 3. The van der Waals surface area contributed by atoms with E-state index in [9.17, 15) is 4.79 Å². The Morgan fingerprint density at radius 1 is 1.75 bits per heavy atom. The number of nitrogens with one attached hydrogen (secondary N) is 1. The second-order valence-corrected chi connectivity index (χ2v) is 2.03. The molecule has 5 heteroatoms. The van der Waals surface area contributed by atoms with Gasteiger partial charge in [0.05, 0.1) is 19.9 Å². The third kappa shape index (κ3) is 1.55. The van der Waals surface area contributed by atoms with Crippen LogP contribution in [-0.2, 0) is 4.74 Å². The molecule has 0 bridgehead atoms. The molecule has 1 rings (SSSR count). The van der Waals surface area contributed by atoms with Crippen molar-refractivity contribution in [2.45, 2.75) is 6.92 Å².